The van der Waals surface area contributed by atoms with Crippen LogP contribution in [0.1, 0.15) is 35.7 Å². The predicted octanol–water partition coefficient (Wildman–Crippen LogP) is 5.26. The van der Waals surface area contributed by atoms with Crippen molar-refractivity contribution in [2.45, 2.75) is 19.8 Å². The minimum absolute atomic E-state index is 0.274. The molecule has 0 saturated heterocycles. The molecule has 28 heavy (non-hydrogen) atoms. The maximum Gasteiger partial charge on any atom is 0.258 e. The van der Waals surface area contributed by atoms with E-state index >= 15 is 0 Å². The lowest BCUT2D eigenvalue weighted by molar-refractivity contribution is 0.102. The Hall–Kier alpha value is -3.12. The smallest absolute Gasteiger partial charge is 0.258 e. The van der Waals surface area contributed by atoms with Crippen molar-refractivity contribution in [1.82, 2.24) is 9.97 Å². The number of rotatable bonds is 6. The van der Waals surface area contributed by atoms with Gasteiger partial charge in [0.15, 0.2) is 0 Å². The number of ether oxygens (including phenoxy) is 1. The van der Waals surface area contributed by atoms with Crippen LogP contribution in [0.25, 0.3) is 0 Å². The van der Waals surface area contributed by atoms with Gasteiger partial charge in [-0.25, -0.2) is 9.97 Å². The van der Waals surface area contributed by atoms with E-state index in [0.717, 1.165) is 5.69 Å². The zero-order valence-corrected chi connectivity index (χ0v) is 16.6. The summed E-state index contributed by atoms with van der Waals surface area (Å²) >= 11 is 6.02. The Labute approximate surface area is 168 Å². The van der Waals surface area contributed by atoms with Crippen molar-refractivity contribution in [2.75, 3.05) is 17.7 Å². The third-order valence-corrected chi connectivity index (χ3v) is 4.39. The van der Waals surface area contributed by atoms with Crippen LogP contribution >= 0.6 is 11.6 Å². The standard InChI is InChI=1S/C21H21ClN4O2/c1-13(2)14-4-7-17(8-5-14)25-20(27)15-11-23-21(24-12-15)26-18-10-16(22)6-9-19(18)28-3/h4-13H,1-3H3,(H,25,27)(H,23,24,26). The van der Waals surface area contributed by atoms with Gasteiger partial charge < -0.3 is 15.4 Å². The van der Waals surface area contributed by atoms with Gasteiger partial charge in [-0.05, 0) is 41.8 Å². The van der Waals surface area contributed by atoms with E-state index in [2.05, 4.69) is 34.4 Å². The molecule has 144 valence electrons. The van der Waals surface area contributed by atoms with Gasteiger partial charge in [0.25, 0.3) is 5.91 Å². The van der Waals surface area contributed by atoms with Crippen LogP contribution in [0, 0.1) is 0 Å². The van der Waals surface area contributed by atoms with Gasteiger partial charge in [-0.3, -0.25) is 4.79 Å². The van der Waals surface area contributed by atoms with Crippen LogP contribution in [0.4, 0.5) is 17.3 Å². The summed E-state index contributed by atoms with van der Waals surface area (Å²) < 4.78 is 5.28. The Morgan fingerprint density at radius 3 is 2.36 bits per heavy atom. The van der Waals surface area contributed by atoms with E-state index in [-0.39, 0.29) is 5.91 Å². The molecule has 0 atom stereocenters. The molecule has 1 amide bonds. The molecule has 0 spiro atoms. The highest BCUT2D eigenvalue weighted by Crippen LogP contribution is 2.29. The molecule has 0 aliphatic heterocycles. The molecule has 6 nitrogen and oxygen atoms in total. The fourth-order valence-electron chi connectivity index (χ4n) is 2.56. The number of hydrogen-bond acceptors (Lipinski definition) is 5. The molecular formula is C21H21ClN4O2. The minimum Gasteiger partial charge on any atom is -0.495 e. The van der Waals surface area contributed by atoms with Gasteiger partial charge in [-0.2, -0.15) is 0 Å². The third-order valence-electron chi connectivity index (χ3n) is 4.16. The first-order valence-corrected chi connectivity index (χ1v) is 9.18. The number of anilines is 3. The Balaban J connectivity index is 1.68. The summed E-state index contributed by atoms with van der Waals surface area (Å²) in [5, 5.41) is 6.43. The molecule has 1 aromatic heterocycles. The lowest BCUT2D eigenvalue weighted by Gasteiger charge is -2.11. The number of halogens is 1. The van der Waals surface area contributed by atoms with Crippen LogP contribution in [0.5, 0.6) is 5.75 Å². The average Bonchev–Trinajstić information content (AvgIpc) is 2.69. The minimum atomic E-state index is -0.274. The summed E-state index contributed by atoms with van der Waals surface area (Å²) in [6, 6.07) is 13.0. The number of aromatic nitrogens is 2. The van der Waals surface area contributed by atoms with Crippen LogP contribution in [0.15, 0.2) is 54.9 Å². The van der Waals surface area contributed by atoms with E-state index in [9.17, 15) is 4.79 Å². The average molecular weight is 397 g/mol. The van der Waals surface area contributed by atoms with Crippen molar-refractivity contribution in [1.29, 1.82) is 0 Å². The van der Waals surface area contributed by atoms with Crippen molar-refractivity contribution in [3.63, 3.8) is 0 Å². The molecule has 0 radical (unpaired) electrons. The third kappa shape index (κ3) is 4.78. The highest BCUT2D eigenvalue weighted by Gasteiger charge is 2.10. The van der Waals surface area contributed by atoms with Crippen molar-refractivity contribution in [3.05, 3.63) is 71.0 Å². The van der Waals surface area contributed by atoms with Crippen molar-refractivity contribution < 1.29 is 9.53 Å². The van der Waals surface area contributed by atoms with Gasteiger partial charge in [0, 0.05) is 23.1 Å². The maximum absolute atomic E-state index is 12.4. The van der Waals surface area contributed by atoms with Crippen LogP contribution in [0.2, 0.25) is 5.02 Å². The number of hydrogen-bond donors (Lipinski definition) is 2. The van der Waals surface area contributed by atoms with E-state index < -0.39 is 0 Å². The van der Waals surface area contributed by atoms with Gasteiger partial charge in [0.05, 0.1) is 18.4 Å². The second kappa shape index (κ2) is 8.71. The number of nitrogens with zero attached hydrogens (tertiary/aromatic N) is 2. The zero-order chi connectivity index (χ0) is 20.1. The lowest BCUT2D eigenvalue weighted by Crippen LogP contribution is -2.13. The second-order valence-electron chi connectivity index (χ2n) is 6.50. The molecule has 0 unspecified atom stereocenters. The highest BCUT2D eigenvalue weighted by molar-refractivity contribution is 6.31. The van der Waals surface area contributed by atoms with Crippen LogP contribution in [0.3, 0.4) is 0 Å². The van der Waals surface area contributed by atoms with E-state index in [4.69, 9.17) is 16.3 Å². The highest BCUT2D eigenvalue weighted by atomic mass is 35.5. The molecule has 7 heteroatoms. The van der Waals surface area contributed by atoms with Crippen LogP contribution in [-0.4, -0.2) is 23.0 Å². The SMILES string of the molecule is COc1ccc(Cl)cc1Nc1ncc(C(=O)Nc2ccc(C(C)C)cc2)cn1. The first kappa shape index (κ1) is 19.6. The molecule has 0 fully saturated rings. The number of carbonyl (C=O) groups excluding carboxylic acids is 1. The van der Waals surface area contributed by atoms with E-state index in [1.54, 1.807) is 25.3 Å². The summed E-state index contributed by atoms with van der Waals surface area (Å²) in [5.74, 6) is 1.11. The predicted molar refractivity (Wildman–Crippen MR) is 112 cm³/mol. The topological polar surface area (TPSA) is 76.1 Å². The van der Waals surface area contributed by atoms with Crippen molar-refractivity contribution in [2.24, 2.45) is 0 Å². The number of benzene rings is 2. The molecule has 3 rings (SSSR count). The van der Waals surface area contributed by atoms with Gasteiger partial charge in [-0.15, -0.1) is 0 Å². The van der Waals surface area contributed by atoms with Crippen molar-refractivity contribution in [3.8, 4) is 5.75 Å². The van der Waals surface area contributed by atoms with Gasteiger partial charge in [0.2, 0.25) is 5.95 Å². The zero-order valence-electron chi connectivity index (χ0n) is 15.9. The Bertz CT molecular complexity index is 957. The molecule has 0 aliphatic carbocycles. The maximum atomic E-state index is 12.4. The largest absolute Gasteiger partial charge is 0.495 e. The first-order chi connectivity index (χ1) is 13.5. The summed E-state index contributed by atoms with van der Waals surface area (Å²) in [5.41, 5.74) is 2.93. The van der Waals surface area contributed by atoms with Gasteiger partial charge in [-0.1, -0.05) is 37.6 Å². The normalized spacial score (nSPS) is 10.6. The lowest BCUT2D eigenvalue weighted by atomic mass is 10.0. The Kier molecular flexibility index (Phi) is 6.11. The number of methoxy groups -OCH3 is 1. The number of nitrogens with one attached hydrogen (secondary N) is 2. The quantitative estimate of drug-likeness (QED) is 0.594. The Morgan fingerprint density at radius 2 is 1.75 bits per heavy atom. The van der Waals surface area contributed by atoms with E-state index in [1.165, 1.54) is 18.0 Å². The molecular weight excluding hydrogens is 376 g/mol. The molecule has 2 aromatic carbocycles. The van der Waals surface area contributed by atoms with Gasteiger partial charge >= 0.3 is 0 Å². The van der Waals surface area contributed by atoms with Crippen molar-refractivity contribution >= 4 is 34.8 Å². The molecule has 1 heterocycles. The number of amides is 1. The monoisotopic (exact) mass is 396 g/mol. The fourth-order valence-corrected chi connectivity index (χ4v) is 2.73. The molecule has 2 N–H and O–H groups in total. The number of carbonyl (C=O) groups is 1. The Morgan fingerprint density at radius 1 is 1.07 bits per heavy atom. The summed E-state index contributed by atoms with van der Waals surface area (Å²) in [6.45, 7) is 4.25. The summed E-state index contributed by atoms with van der Waals surface area (Å²) in [7, 11) is 1.57. The second-order valence-corrected chi connectivity index (χ2v) is 6.93. The first-order valence-electron chi connectivity index (χ1n) is 8.80. The fraction of sp³-hybridized carbons (Fsp3) is 0.190. The molecule has 0 saturated carbocycles. The summed E-state index contributed by atoms with van der Waals surface area (Å²) in [4.78, 5) is 20.8. The van der Waals surface area contributed by atoms with Crippen LogP contribution < -0.4 is 15.4 Å². The van der Waals surface area contributed by atoms with Crippen LogP contribution in [-0.2, 0) is 0 Å². The molecule has 3 aromatic rings. The van der Waals surface area contributed by atoms with E-state index in [1.807, 2.05) is 24.3 Å². The summed E-state index contributed by atoms with van der Waals surface area (Å²) in [6.07, 6.45) is 2.92. The molecule has 0 bridgehead atoms. The van der Waals surface area contributed by atoms with E-state index in [0.29, 0.717) is 33.9 Å². The van der Waals surface area contributed by atoms with Gasteiger partial charge in [0.1, 0.15) is 5.75 Å². The molecule has 0 aliphatic rings.